The van der Waals surface area contributed by atoms with Crippen LogP contribution >= 0.6 is 0 Å². The third-order valence-corrected chi connectivity index (χ3v) is 4.07. The lowest BCUT2D eigenvalue weighted by Crippen LogP contribution is -2.46. The first-order valence-corrected chi connectivity index (χ1v) is 7.65. The van der Waals surface area contributed by atoms with Crippen LogP contribution in [0.1, 0.15) is 38.2 Å². The van der Waals surface area contributed by atoms with Crippen molar-refractivity contribution in [2.75, 3.05) is 13.2 Å². The van der Waals surface area contributed by atoms with Crippen molar-refractivity contribution in [1.29, 1.82) is 0 Å². The number of aryl methyl sites for hydroxylation is 1. The minimum atomic E-state index is -0.753. The van der Waals surface area contributed by atoms with Crippen LogP contribution in [0.5, 0.6) is 5.75 Å². The zero-order chi connectivity index (χ0) is 15.3. The van der Waals surface area contributed by atoms with E-state index in [1.807, 2.05) is 31.2 Å². The minimum absolute atomic E-state index is 0.0192. The molecule has 0 aliphatic heterocycles. The van der Waals surface area contributed by atoms with E-state index in [4.69, 9.17) is 4.74 Å². The van der Waals surface area contributed by atoms with Gasteiger partial charge in [0, 0.05) is 6.54 Å². The Bertz CT molecular complexity index is 471. The average molecular weight is 291 g/mol. The van der Waals surface area contributed by atoms with Crippen LogP contribution in [0.4, 0.5) is 0 Å². The van der Waals surface area contributed by atoms with E-state index in [1.54, 1.807) is 0 Å². The number of aliphatic hydroxyl groups is 1. The molecular formula is C17H25NO3. The Labute approximate surface area is 126 Å². The zero-order valence-electron chi connectivity index (χ0n) is 12.9. The highest BCUT2D eigenvalue weighted by atomic mass is 16.5. The fourth-order valence-electron chi connectivity index (χ4n) is 2.89. The molecule has 4 nitrogen and oxygen atoms in total. The fourth-order valence-corrected chi connectivity index (χ4v) is 2.89. The molecule has 2 rings (SSSR count). The van der Waals surface area contributed by atoms with Crippen molar-refractivity contribution in [2.24, 2.45) is 5.92 Å². The van der Waals surface area contributed by atoms with E-state index in [-0.39, 0.29) is 12.5 Å². The van der Waals surface area contributed by atoms with E-state index < -0.39 is 5.60 Å². The maximum absolute atomic E-state index is 11.8. The van der Waals surface area contributed by atoms with Crippen molar-refractivity contribution in [3.63, 3.8) is 0 Å². The van der Waals surface area contributed by atoms with Crippen LogP contribution < -0.4 is 10.1 Å². The van der Waals surface area contributed by atoms with Crippen molar-refractivity contribution in [3.05, 3.63) is 29.8 Å². The second-order valence-electron chi connectivity index (χ2n) is 6.30. The predicted molar refractivity (Wildman–Crippen MR) is 82.3 cm³/mol. The van der Waals surface area contributed by atoms with Crippen molar-refractivity contribution in [1.82, 2.24) is 5.32 Å². The molecule has 0 aromatic heterocycles. The second-order valence-corrected chi connectivity index (χ2v) is 6.30. The van der Waals surface area contributed by atoms with Crippen LogP contribution in [0, 0.1) is 12.8 Å². The molecule has 0 radical (unpaired) electrons. The molecule has 21 heavy (non-hydrogen) atoms. The quantitative estimate of drug-likeness (QED) is 0.876. The zero-order valence-corrected chi connectivity index (χ0v) is 12.9. The van der Waals surface area contributed by atoms with Crippen molar-refractivity contribution in [3.8, 4) is 5.75 Å². The lowest BCUT2D eigenvalue weighted by molar-refractivity contribution is -0.125. The van der Waals surface area contributed by atoms with Gasteiger partial charge in [0.15, 0.2) is 6.61 Å². The third kappa shape index (κ3) is 5.05. The lowest BCUT2D eigenvalue weighted by atomic mass is 9.79. The molecule has 1 aromatic rings. The maximum Gasteiger partial charge on any atom is 0.258 e. The highest BCUT2D eigenvalue weighted by Gasteiger charge is 2.32. The van der Waals surface area contributed by atoms with Gasteiger partial charge in [0.25, 0.3) is 5.91 Å². The molecule has 0 saturated heterocycles. The number of ether oxygens (including phenoxy) is 1. The average Bonchev–Trinajstić information content (AvgIpc) is 2.44. The van der Waals surface area contributed by atoms with Gasteiger partial charge >= 0.3 is 0 Å². The Morgan fingerprint density at radius 2 is 2.14 bits per heavy atom. The monoisotopic (exact) mass is 291 g/mol. The molecule has 2 N–H and O–H groups in total. The Hall–Kier alpha value is -1.55. The molecule has 1 fully saturated rings. The van der Waals surface area contributed by atoms with Gasteiger partial charge in [-0.3, -0.25) is 4.79 Å². The van der Waals surface area contributed by atoms with Gasteiger partial charge in [-0.1, -0.05) is 37.5 Å². The Morgan fingerprint density at radius 1 is 1.43 bits per heavy atom. The summed E-state index contributed by atoms with van der Waals surface area (Å²) in [5.41, 5.74) is 0.400. The molecular weight excluding hydrogens is 266 g/mol. The molecule has 1 aliphatic carbocycles. The third-order valence-electron chi connectivity index (χ3n) is 4.07. The fraction of sp³-hybridized carbons (Fsp3) is 0.588. The molecule has 4 heteroatoms. The summed E-state index contributed by atoms with van der Waals surface area (Å²) >= 11 is 0. The minimum Gasteiger partial charge on any atom is -0.484 e. The van der Waals surface area contributed by atoms with E-state index in [0.29, 0.717) is 18.2 Å². The number of hydrogen-bond donors (Lipinski definition) is 2. The summed E-state index contributed by atoms with van der Waals surface area (Å²) in [6, 6.07) is 7.58. The van der Waals surface area contributed by atoms with E-state index >= 15 is 0 Å². The van der Waals surface area contributed by atoms with E-state index in [1.165, 1.54) is 0 Å². The summed E-state index contributed by atoms with van der Waals surface area (Å²) in [6.45, 7) is 4.44. The summed E-state index contributed by atoms with van der Waals surface area (Å²) < 4.78 is 5.42. The molecule has 2 unspecified atom stereocenters. The van der Waals surface area contributed by atoms with Gasteiger partial charge in [-0.25, -0.2) is 0 Å². The highest BCUT2D eigenvalue weighted by Crippen LogP contribution is 2.31. The number of rotatable bonds is 5. The largest absolute Gasteiger partial charge is 0.484 e. The Morgan fingerprint density at radius 3 is 2.81 bits per heavy atom. The topological polar surface area (TPSA) is 58.6 Å². The molecule has 2 atom stereocenters. The van der Waals surface area contributed by atoms with Crippen LogP contribution in [0.25, 0.3) is 0 Å². The summed E-state index contributed by atoms with van der Waals surface area (Å²) in [7, 11) is 0. The van der Waals surface area contributed by atoms with Crippen LogP contribution in [-0.2, 0) is 4.79 Å². The summed E-state index contributed by atoms with van der Waals surface area (Å²) in [5, 5.41) is 13.2. The normalized spacial score (nSPS) is 25.4. The van der Waals surface area contributed by atoms with Gasteiger partial charge in [-0.05, 0) is 37.8 Å². The summed E-state index contributed by atoms with van der Waals surface area (Å²) in [6.07, 6.45) is 3.70. The number of amides is 1. The number of hydrogen-bond acceptors (Lipinski definition) is 3. The van der Waals surface area contributed by atoms with Crippen LogP contribution in [0.2, 0.25) is 0 Å². The Balaban J connectivity index is 1.73. The van der Waals surface area contributed by atoms with Crippen molar-refractivity contribution < 1.29 is 14.6 Å². The van der Waals surface area contributed by atoms with Gasteiger partial charge in [0.2, 0.25) is 0 Å². The highest BCUT2D eigenvalue weighted by molar-refractivity contribution is 5.77. The molecule has 0 spiro atoms. The van der Waals surface area contributed by atoms with E-state index in [9.17, 15) is 9.90 Å². The van der Waals surface area contributed by atoms with Gasteiger partial charge in [0.1, 0.15) is 5.75 Å². The summed E-state index contributed by atoms with van der Waals surface area (Å²) in [5.74, 6) is 1.01. The SMILES string of the molecule is Cc1ccc(OCC(=O)NCC2(O)CCCC(C)C2)cc1. The van der Waals surface area contributed by atoms with E-state index in [2.05, 4.69) is 12.2 Å². The molecule has 0 heterocycles. The van der Waals surface area contributed by atoms with Crippen LogP contribution in [-0.4, -0.2) is 29.8 Å². The molecule has 116 valence electrons. The molecule has 1 aliphatic rings. The van der Waals surface area contributed by atoms with E-state index in [0.717, 1.165) is 31.2 Å². The number of carbonyl (C=O) groups is 1. The van der Waals surface area contributed by atoms with Gasteiger partial charge in [0.05, 0.1) is 5.60 Å². The van der Waals surface area contributed by atoms with Crippen molar-refractivity contribution in [2.45, 2.75) is 45.1 Å². The van der Waals surface area contributed by atoms with Crippen LogP contribution in [0.3, 0.4) is 0 Å². The lowest BCUT2D eigenvalue weighted by Gasteiger charge is -2.35. The van der Waals surface area contributed by atoms with Gasteiger partial charge in [-0.2, -0.15) is 0 Å². The standard InChI is InChI=1S/C17H25NO3/c1-13-5-7-15(8-6-13)21-11-16(19)18-12-17(20)9-3-4-14(2)10-17/h5-8,14,20H,3-4,9-12H2,1-2H3,(H,18,19). The van der Waals surface area contributed by atoms with Gasteiger partial charge < -0.3 is 15.2 Å². The molecule has 1 aromatic carbocycles. The number of benzene rings is 1. The van der Waals surface area contributed by atoms with Crippen LogP contribution in [0.15, 0.2) is 24.3 Å². The van der Waals surface area contributed by atoms with Crippen molar-refractivity contribution >= 4 is 5.91 Å². The smallest absolute Gasteiger partial charge is 0.258 e. The summed E-state index contributed by atoms with van der Waals surface area (Å²) in [4.78, 5) is 11.8. The molecule has 1 saturated carbocycles. The number of nitrogens with one attached hydrogen (secondary N) is 1. The first-order chi connectivity index (χ1) is 9.97. The molecule has 1 amide bonds. The first kappa shape index (κ1) is 15.8. The molecule has 0 bridgehead atoms. The maximum atomic E-state index is 11.8. The predicted octanol–water partition coefficient (Wildman–Crippen LogP) is 2.43. The van der Waals surface area contributed by atoms with Gasteiger partial charge in [-0.15, -0.1) is 0 Å². The number of carbonyl (C=O) groups excluding carboxylic acids is 1. The second kappa shape index (κ2) is 6.94. The Kier molecular flexibility index (Phi) is 5.23. The first-order valence-electron chi connectivity index (χ1n) is 7.65.